The molecule has 0 aliphatic rings. The van der Waals surface area contributed by atoms with Crippen LogP contribution in [0.3, 0.4) is 0 Å². The van der Waals surface area contributed by atoms with E-state index in [0.29, 0.717) is 5.92 Å². The molecule has 4 aromatic carbocycles. The number of ether oxygens (including phenoxy) is 2. The van der Waals surface area contributed by atoms with Gasteiger partial charge >= 0.3 is 0 Å². The monoisotopic (exact) mass is 590 g/mol. The van der Waals surface area contributed by atoms with Crippen molar-refractivity contribution in [1.82, 2.24) is 0 Å². The predicted octanol–water partition coefficient (Wildman–Crippen LogP) is 12.6. The van der Waals surface area contributed by atoms with E-state index in [-0.39, 0.29) is 21.7 Å². The molecule has 0 bridgehead atoms. The van der Waals surface area contributed by atoms with Crippen molar-refractivity contribution in [2.45, 2.75) is 118 Å². The Morgan fingerprint density at radius 2 is 0.773 bits per heavy atom. The summed E-state index contributed by atoms with van der Waals surface area (Å²) >= 11 is 0. The SMILES string of the molecule is CC(C)c1ccc(Oc2ccc(C(C)(C)c3ccc(Oc4ccc(C(C)(C)C)c(C(C)(C)C)c4)cc3)cc2)cc1C(C)(C)C. The first-order valence-corrected chi connectivity index (χ1v) is 16.1. The molecular formula is C42H54O2. The first-order chi connectivity index (χ1) is 20.3. The molecule has 0 radical (unpaired) electrons. The topological polar surface area (TPSA) is 18.5 Å². The minimum Gasteiger partial charge on any atom is -0.457 e. The highest BCUT2D eigenvalue weighted by atomic mass is 16.5. The van der Waals surface area contributed by atoms with Gasteiger partial charge in [-0.1, -0.05) is 126 Å². The van der Waals surface area contributed by atoms with E-state index in [2.05, 4.69) is 175 Å². The van der Waals surface area contributed by atoms with Gasteiger partial charge in [0.15, 0.2) is 0 Å². The van der Waals surface area contributed by atoms with Crippen molar-refractivity contribution in [2.24, 2.45) is 0 Å². The Bertz CT molecular complexity index is 1570. The summed E-state index contributed by atoms with van der Waals surface area (Å²) in [5.74, 6) is 3.91. The van der Waals surface area contributed by atoms with Crippen molar-refractivity contribution < 1.29 is 9.47 Å². The summed E-state index contributed by atoms with van der Waals surface area (Å²) < 4.78 is 12.7. The summed E-state index contributed by atoms with van der Waals surface area (Å²) in [5.41, 5.74) is 7.87. The van der Waals surface area contributed by atoms with Crippen LogP contribution < -0.4 is 9.47 Å². The lowest BCUT2D eigenvalue weighted by Crippen LogP contribution is -2.21. The largest absolute Gasteiger partial charge is 0.457 e. The van der Waals surface area contributed by atoms with Gasteiger partial charge in [0.2, 0.25) is 0 Å². The number of hydrogen-bond acceptors (Lipinski definition) is 2. The molecule has 0 fully saturated rings. The molecular weight excluding hydrogens is 536 g/mol. The summed E-state index contributed by atoms with van der Waals surface area (Å²) in [7, 11) is 0. The van der Waals surface area contributed by atoms with Crippen LogP contribution >= 0.6 is 0 Å². The highest BCUT2D eigenvalue weighted by molar-refractivity contribution is 5.47. The third-order valence-electron chi connectivity index (χ3n) is 8.69. The van der Waals surface area contributed by atoms with Crippen LogP contribution in [-0.4, -0.2) is 0 Å². The molecule has 0 saturated carbocycles. The van der Waals surface area contributed by atoms with Gasteiger partial charge in [-0.05, 0) is 104 Å². The van der Waals surface area contributed by atoms with Gasteiger partial charge in [0.25, 0.3) is 0 Å². The molecule has 4 aromatic rings. The Morgan fingerprint density at radius 3 is 1.16 bits per heavy atom. The summed E-state index contributed by atoms with van der Waals surface area (Å²) in [6.07, 6.45) is 0. The van der Waals surface area contributed by atoms with Crippen molar-refractivity contribution in [3.63, 3.8) is 0 Å². The lowest BCUT2D eigenvalue weighted by atomic mass is 9.75. The summed E-state index contributed by atoms with van der Waals surface area (Å²) in [6, 6.07) is 30.1. The second-order valence-electron chi connectivity index (χ2n) is 16.2. The van der Waals surface area contributed by atoms with E-state index in [1.807, 2.05) is 0 Å². The maximum atomic E-state index is 6.36. The fourth-order valence-electron chi connectivity index (χ4n) is 5.93. The zero-order valence-electron chi connectivity index (χ0n) is 29.5. The molecule has 44 heavy (non-hydrogen) atoms. The maximum absolute atomic E-state index is 6.36. The van der Waals surface area contributed by atoms with Crippen LogP contribution in [0.1, 0.15) is 129 Å². The highest BCUT2D eigenvalue weighted by Crippen LogP contribution is 2.39. The fourth-order valence-corrected chi connectivity index (χ4v) is 5.93. The van der Waals surface area contributed by atoms with Gasteiger partial charge in [0.1, 0.15) is 23.0 Å². The van der Waals surface area contributed by atoms with Gasteiger partial charge in [-0.25, -0.2) is 0 Å². The highest BCUT2D eigenvalue weighted by Gasteiger charge is 2.26. The van der Waals surface area contributed by atoms with E-state index in [0.717, 1.165) is 23.0 Å². The van der Waals surface area contributed by atoms with Crippen LogP contribution in [0.25, 0.3) is 0 Å². The lowest BCUT2D eigenvalue weighted by Gasteiger charge is -2.30. The smallest absolute Gasteiger partial charge is 0.127 e. The van der Waals surface area contributed by atoms with Crippen molar-refractivity contribution in [2.75, 3.05) is 0 Å². The van der Waals surface area contributed by atoms with Gasteiger partial charge in [0, 0.05) is 5.41 Å². The fraction of sp³-hybridized carbons (Fsp3) is 0.429. The van der Waals surface area contributed by atoms with E-state index in [9.17, 15) is 0 Å². The molecule has 0 unspecified atom stereocenters. The van der Waals surface area contributed by atoms with Crippen LogP contribution in [-0.2, 0) is 21.7 Å². The Balaban J connectivity index is 1.50. The molecule has 0 saturated heterocycles. The third-order valence-corrected chi connectivity index (χ3v) is 8.69. The van der Waals surface area contributed by atoms with Gasteiger partial charge in [-0.3, -0.25) is 0 Å². The van der Waals surface area contributed by atoms with E-state index in [1.165, 1.54) is 33.4 Å². The quantitative estimate of drug-likeness (QED) is 0.213. The Hall–Kier alpha value is -3.52. The van der Waals surface area contributed by atoms with Gasteiger partial charge in [0.05, 0.1) is 0 Å². The van der Waals surface area contributed by atoms with Crippen LogP contribution in [0.15, 0.2) is 84.9 Å². The van der Waals surface area contributed by atoms with Crippen LogP contribution in [0.2, 0.25) is 0 Å². The third kappa shape index (κ3) is 7.57. The minimum atomic E-state index is -0.177. The molecule has 0 aromatic heterocycles. The number of rotatable bonds is 7. The molecule has 0 aliphatic carbocycles. The summed E-state index contributed by atoms with van der Waals surface area (Å²) in [5, 5.41) is 0. The molecule has 0 spiro atoms. The average molecular weight is 591 g/mol. The van der Waals surface area contributed by atoms with E-state index >= 15 is 0 Å². The molecule has 4 rings (SSSR count). The average Bonchev–Trinajstić information content (AvgIpc) is 2.92. The molecule has 0 amide bonds. The molecule has 0 N–H and O–H groups in total. The molecule has 0 atom stereocenters. The van der Waals surface area contributed by atoms with Crippen molar-refractivity contribution in [1.29, 1.82) is 0 Å². The van der Waals surface area contributed by atoms with Crippen molar-refractivity contribution in [3.8, 4) is 23.0 Å². The maximum Gasteiger partial charge on any atom is 0.127 e. The zero-order chi connectivity index (χ0) is 32.7. The molecule has 0 heterocycles. The molecule has 234 valence electrons. The van der Waals surface area contributed by atoms with Gasteiger partial charge in [-0.15, -0.1) is 0 Å². The van der Waals surface area contributed by atoms with Crippen LogP contribution in [0, 0.1) is 0 Å². The predicted molar refractivity (Wildman–Crippen MR) is 188 cm³/mol. The second kappa shape index (κ2) is 12.1. The summed E-state index contributed by atoms with van der Waals surface area (Å²) in [6.45, 7) is 29.4. The Morgan fingerprint density at radius 1 is 0.409 bits per heavy atom. The first-order valence-electron chi connectivity index (χ1n) is 16.1. The summed E-state index contributed by atoms with van der Waals surface area (Å²) in [4.78, 5) is 0. The van der Waals surface area contributed by atoms with E-state index in [1.54, 1.807) is 0 Å². The molecule has 0 aliphatic heterocycles. The van der Waals surface area contributed by atoms with Crippen LogP contribution in [0.4, 0.5) is 0 Å². The number of benzene rings is 4. The van der Waals surface area contributed by atoms with Gasteiger partial charge in [-0.2, -0.15) is 0 Å². The first kappa shape index (κ1) is 33.4. The van der Waals surface area contributed by atoms with Gasteiger partial charge < -0.3 is 9.47 Å². The number of hydrogen-bond donors (Lipinski definition) is 0. The van der Waals surface area contributed by atoms with E-state index < -0.39 is 0 Å². The second-order valence-corrected chi connectivity index (χ2v) is 16.2. The lowest BCUT2D eigenvalue weighted by molar-refractivity contribution is 0.472. The standard InChI is InChI=1S/C42H54O2/c1-28(2)35-24-22-33(26-37(35)40(6,7)8)43-31-18-14-29(15-19-31)42(12,13)30-16-20-32(21-17-30)44-34-23-25-36(39(3,4)5)38(27-34)41(9,10)11/h14-28H,1-13H3. The Kier molecular flexibility index (Phi) is 9.19. The van der Waals surface area contributed by atoms with Crippen molar-refractivity contribution >= 4 is 0 Å². The zero-order valence-corrected chi connectivity index (χ0v) is 29.5. The minimum absolute atomic E-state index is 0.0320. The normalized spacial score (nSPS) is 12.9. The van der Waals surface area contributed by atoms with E-state index in [4.69, 9.17) is 9.47 Å². The molecule has 2 heteroatoms. The molecule has 2 nitrogen and oxygen atoms in total. The van der Waals surface area contributed by atoms with Crippen molar-refractivity contribution in [3.05, 3.63) is 118 Å². The Labute approximate surface area is 267 Å². The van der Waals surface area contributed by atoms with Crippen LogP contribution in [0.5, 0.6) is 23.0 Å².